The van der Waals surface area contributed by atoms with Gasteiger partial charge in [0.25, 0.3) is 5.56 Å². The normalized spacial score (nSPS) is 18.7. The Balaban J connectivity index is 1.57. The van der Waals surface area contributed by atoms with Gasteiger partial charge in [-0.05, 0) is 69.1 Å². The topological polar surface area (TPSA) is 106 Å². The Kier molecular flexibility index (Phi) is 9.59. The van der Waals surface area contributed by atoms with Crippen molar-refractivity contribution in [3.63, 3.8) is 0 Å². The number of ether oxygens (including phenoxy) is 1. The van der Waals surface area contributed by atoms with Gasteiger partial charge in [0.2, 0.25) is 0 Å². The number of imidazole rings is 1. The lowest BCUT2D eigenvalue weighted by Crippen LogP contribution is -2.40. The van der Waals surface area contributed by atoms with Crippen LogP contribution in [0.2, 0.25) is 0 Å². The standard InChI is InChI=1S/C33H41F3N6O4/c1-5-13-32(14-11-22(4)12-15-32)30(44)46-21-42-26-28(40(7-3)31(45)41(16-6-2)29(26)43)38-27(42)24-18-37-39(20-24)19-23-9-8-10-25(17-23)33(34,35)36/h8-10,17-18,20,22H,5-7,11-16,19,21H2,1-4H3. The molecule has 0 aliphatic heterocycles. The van der Waals surface area contributed by atoms with E-state index in [1.807, 2.05) is 13.8 Å². The van der Waals surface area contributed by atoms with Gasteiger partial charge in [0.15, 0.2) is 17.9 Å². The summed E-state index contributed by atoms with van der Waals surface area (Å²) in [6.45, 7) is 8.11. The summed E-state index contributed by atoms with van der Waals surface area (Å²) in [4.78, 5) is 45.6. The van der Waals surface area contributed by atoms with E-state index in [1.165, 1.54) is 30.6 Å². The van der Waals surface area contributed by atoms with Crippen molar-refractivity contribution in [1.29, 1.82) is 0 Å². The fourth-order valence-corrected chi connectivity index (χ4v) is 6.57. The second-order valence-corrected chi connectivity index (χ2v) is 12.4. The van der Waals surface area contributed by atoms with Gasteiger partial charge in [0, 0.05) is 19.3 Å². The zero-order chi connectivity index (χ0) is 33.2. The van der Waals surface area contributed by atoms with Gasteiger partial charge in [-0.1, -0.05) is 39.3 Å². The maximum Gasteiger partial charge on any atom is 0.416 e. The van der Waals surface area contributed by atoms with Gasteiger partial charge >= 0.3 is 17.8 Å². The van der Waals surface area contributed by atoms with Crippen LogP contribution in [0.5, 0.6) is 0 Å². The molecule has 3 heterocycles. The predicted octanol–water partition coefficient (Wildman–Crippen LogP) is 6.22. The number of carbonyl (C=O) groups excluding carboxylic acids is 1. The zero-order valence-electron chi connectivity index (χ0n) is 26.8. The van der Waals surface area contributed by atoms with Gasteiger partial charge in [-0.15, -0.1) is 0 Å². The maximum atomic E-state index is 13.8. The lowest BCUT2D eigenvalue weighted by molar-refractivity contribution is -0.163. The van der Waals surface area contributed by atoms with Crippen LogP contribution in [0.4, 0.5) is 13.2 Å². The van der Waals surface area contributed by atoms with Crippen molar-refractivity contribution in [2.75, 3.05) is 0 Å². The van der Waals surface area contributed by atoms with E-state index in [0.29, 0.717) is 29.9 Å². The molecule has 0 atom stereocenters. The van der Waals surface area contributed by atoms with E-state index in [0.717, 1.165) is 44.2 Å². The minimum atomic E-state index is -4.47. The van der Waals surface area contributed by atoms with Crippen LogP contribution in [0.25, 0.3) is 22.6 Å². The van der Waals surface area contributed by atoms with E-state index in [4.69, 9.17) is 9.72 Å². The van der Waals surface area contributed by atoms with Gasteiger partial charge < -0.3 is 4.74 Å². The summed E-state index contributed by atoms with van der Waals surface area (Å²) in [5.41, 5.74) is -1.22. The van der Waals surface area contributed by atoms with Crippen LogP contribution in [0.15, 0.2) is 46.2 Å². The summed E-state index contributed by atoms with van der Waals surface area (Å²) in [6.07, 6.45) is 4.06. The van der Waals surface area contributed by atoms with Crippen LogP contribution >= 0.6 is 0 Å². The summed E-state index contributed by atoms with van der Waals surface area (Å²) in [7, 11) is 0. The molecular weight excluding hydrogens is 601 g/mol. The number of nitrogens with zero attached hydrogens (tertiary/aromatic N) is 6. The first-order valence-electron chi connectivity index (χ1n) is 16.0. The van der Waals surface area contributed by atoms with E-state index in [1.54, 1.807) is 19.2 Å². The summed E-state index contributed by atoms with van der Waals surface area (Å²) in [5, 5.41) is 4.35. The fourth-order valence-electron chi connectivity index (χ4n) is 6.57. The van der Waals surface area contributed by atoms with Crippen molar-refractivity contribution in [2.24, 2.45) is 11.3 Å². The van der Waals surface area contributed by atoms with Crippen molar-refractivity contribution in [3.8, 4) is 11.4 Å². The Hall–Kier alpha value is -4.16. The Morgan fingerprint density at radius 2 is 1.80 bits per heavy atom. The van der Waals surface area contributed by atoms with Crippen molar-refractivity contribution >= 4 is 17.1 Å². The molecule has 248 valence electrons. The number of esters is 1. The van der Waals surface area contributed by atoms with Crippen LogP contribution in [-0.2, 0) is 42.1 Å². The Morgan fingerprint density at radius 3 is 2.46 bits per heavy atom. The molecule has 1 aliphatic carbocycles. The molecule has 0 N–H and O–H groups in total. The molecule has 0 spiro atoms. The SMILES string of the molecule is CCCn1c(=O)c2c(nc(-c3cnn(Cc4cccc(C(F)(F)F)c4)c3)n2COC(=O)C2(CCC)CCC(C)CC2)n(CC)c1=O. The van der Waals surface area contributed by atoms with Gasteiger partial charge in [-0.3, -0.25) is 28.0 Å². The van der Waals surface area contributed by atoms with E-state index < -0.39 is 28.4 Å². The summed E-state index contributed by atoms with van der Waals surface area (Å²) in [6, 6.07) is 5.02. The first-order valence-corrected chi connectivity index (χ1v) is 16.0. The van der Waals surface area contributed by atoms with E-state index in [-0.39, 0.29) is 49.3 Å². The van der Waals surface area contributed by atoms with E-state index in [2.05, 4.69) is 12.0 Å². The Bertz CT molecular complexity index is 1830. The zero-order valence-corrected chi connectivity index (χ0v) is 26.8. The second-order valence-electron chi connectivity index (χ2n) is 12.4. The molecule has 1 saturated carbocycles. The molecule has 0 saturated heterocycles. The van der Waals surface area contributed by atoms with Gasteiger partial charge in [0.1, 0.15) is 5.82 Å². The maximum absolute atomic E-state index is 13.8. The van der Waals surface area contributed by atoms with Crippen molar-refractivity contribution in [3.05, 3.63) is 68.6 Å². The Labute approximate surface area is 264 Å². The van der Waals surface area contributed by atoms with Crippen LogP contribution in [0.3, 0.4) is 0 Å². The molecule has 3 aromatic heterocycles. The number of carbonyl (C=O) groups is 1. The van der Waals surface area contributed by atoms with Gasteiger partial charge in [0.05, 0.1) is 29.3 Å². The highest BCUT2D eigenvalue weighted by molar-refractivity contribution is 5.78. The quantitative estimate of drug-likeness (QED) is 0.180. The van der Waals surface area contributed by atoms with Crippen LogP contribution in [0, 0.1) is 11.3 Å². The Morgan fingerprint density at radius 1 is 1.07 bits per heavy atom. The van der Waals surface area contributed by atoms with Crippen LogP contribution < -0.4 is 11.2 Å². The number of hydrogen-bond donors (Lipinski definition) is 0. The van der Waals surface area contributed by atoms with Crippen molar-refractivity contribution < 1.29 is 22.7 Å². The fraction of sp³-hybridized carbons (Fsp3) is 0.545. The molecule has 46 heavy (non-hydrogen) atoms. The number of rotatable bonds is 11. The molecule has 0 radical (unpaired) electrons. The molecule has 10 nitrogen and oxygen atoms in total. The number of fused-ring (bicyclic) bond motifs is 1. The molecule has 1 aromatic carbocycles. The van der Waals surface area contributed by atoms with Crippen molar-refractivity contribution in [1.82, 2.24) is 28.5 Å². The first kappa shape index (κ1) is 33.2. The number of hydrogen-bond acceptors (Lipinski definition) is 6. The molecule has 1 fully saturated rings. The highest BCUT2D eigenvalue weighted by Gasteiger charge is 2.42. The molecule has 5 rings (SSSR count). The molecule has 1 aliphatic rings. The number of alkyl halides is 3. The van der Waals surface area contributed by atoms with Gasteiger partial charge in [-0.25, -0.2) is 9.78 Å². The number of halogens is 3. The largest absolute Gasteiger partial charge is 0.443 e. The number of benzene rings is 1. The second kappa shape index (κ2) is 13.3. The molecule has 13 heteroatoms. The average molecular weight is 643 g/mol. The molecular formula is C33H41F3N6O4. The smallest absolute Gasteiger partial charge is 0.416 e. The minimum Gasteiger partial charge on any atom is -0.443 e. The van der Waals surface area contributed by atoms with Crippen LogP contribution in [0.1, 0.15) is 83.8 Å². The third kappa shape index (κ3) is 6.41. The monoisotopic (exact) mass is 642 g/mol. The predicted molar refractivity (Wildman–Crippen MR) is 167 cm³/mol. The lowest BCUT2D eigenvalue weighted by atomic mass is 9.68. The molecule has 0 amide bonds. The molecule has 0 unspecified atom stereocenters. The molecule has 4 aromatic rings. The van der Waals surface area contributed by atoms with Crippen LogP contribution in [-0.4, -0.2) is 34.4 Å². The summed E-state index contributed by atoms with van der Waals surface area (Å²) < 4.78 is 51.5. The summed E-state index contributed by atoms with van der Waals surface area (Å²) >= 11 is 0. The first-order chi connectivity index (χ1) is 21.9. The van der Waals surface area contributed by atoms with E-state index >= 15 is 0 Å². The highest BCUT2D eigenvalue weighted by atomic mass is 19.4. The molecule has 0 bridgehead atoms. The average Bonchev–Trinajstić information content (AvgIpc) is 3.64. The summed E-state index contributed by atoms with van der Waals surface area (Å²) in [5.74, 6) is 0.483. The van der Waals surface area contributed by atoms with Crippen molar-refractivity contribution in [2.45, 2.75) is 105 Å². The van der Waals surface area contributed by atoms with E-state index in [9.17, 15) is 27.6 Å². The third-order valence-corrected chi connectivity index (χ3v) is 9.09. The number of aromatic nitrogens is 6. The minimum absolute atomic E-state index is 0.0556. The van der Waals surface area contributed by atoms with Gasteiger partial charge in [-0.2, -0.15) is 18.3 Å². The highest BCUT2D eigenvalue weighted by Crippen LogP contribution is 2.43. The lowest BCUT2D eigenvalue weighted by Gasteiger charge is -2.37. The third-order valence-electron chi connectivity index (χ3n) is 9.09. The number of aryl methyl sites for hydroxylation is 1.